The number of hydrogen-bond donors (Lipinski definition) is 0. The van der Waals surface area contributed by atoms with Crippen LogP contribution in [0.4, 0.5) is 0 Å². The number of likely N-dealkylation sites (tertiary alicyclic amines) is 1. The van der Waals surface area contributed by atoms with Crippen LogP contribution in [0.25, 0.3) is 28.1 Å². The molecule has 0 N–H and O–H groups in total. The highest BCUT2D eigenvalue weighted by Crippen LogP contribution is 2.39. The van der Waals surface area contributed by atoms with Crippen molar-refractivity contribution in [1.82, 2.24) is 23.8 Å². The molecule has 0 bridgehead atoms. The highest BCUT2D eigenvalue weighted by molar-refractivity contribution is 5.91. The van der Waals surface area contributed by atoms with Crippen molar-refractivity contribution in [3.05, 3.63) is 47.3 Å². The molecule has 1 aliphatic carbocycles. The molecule has 2 aliphatic rings. The molecule has 1 unspecified atom stereocenters. The standard InChI is InChI=1S/C32H39N5O4/c1-19-28(34-26-16-22(30(38)41-6)17-27(40-5)37(19)26)25-15-21-12-13-23(33-29(21)36(25)18-20-10-11-20)24-9-7-8-14-35(24)31(39)32(2,3)4/h12-13,15-17,20,24H,7-11,14,18H2,1-6H3. The molecule has 0 radical (unpaired) electrons. The highest BCUT2D eigenvalue weighted by Gasteiger charge is 2.35. The van der Waals surface area contributed by atoms with Crippen LogP contribution in [-0.2, 0) is 16.1 Å². The maximum Gasteiger partial charge on any atom is 0.338 e. The molecule has 0 spiro atoms. The monoisotopic (exact) mass is 557 g/mol. The second-order valence-electron chi connectivity index (χ2n) is 12.5. The van der Waals surface area contributed by atoms with Crippen molar-refractivity contribution in [2.45, 2.75) is 72.4 Å². The van der Waals surface area contributed by atoms with Crippen molar-refractivity contribution in [3.63, 3.8) is 0 Å². The smallest absolute Gasteiger partial charge is 0.338 e. The van der Waals surface area contributed by atoms with Gasteiger partial charge in [0.05, 0.1) is 42.9 Å². The number of imidazole rings is 1. The lowest BCUT2D eigenvalue weighted by Crippen LogP contribution is -2.44. The number of pyridine rings is 2. The van der Waals surface area contributed by atoms with E-state index in [1.807, 2.05) is 37.0 Å². The van der Waals surface area contributed by atoms with Crippen molar-refractivity contribution in [1.29, 1.82) is 0 Å². The number of piperidine rings is 1. The summed E-state index contributed by atoms with van der Waals surface area (Å²) in [7, 11) is 2.95. The van der Waals surface area contributed by atoms with Crippen LogP contribution in [-0.4, -0.2) is 56.5 Å². The third-order valence-electron chi connectivity index (χ3n) is 8.44. The van der Waals surface area contributed by atoms with Crippen LogP contribution in [0, 0.1) is 18.3 Å². The van der Waals surface area contributed by atoms with E-state index in [0.29, 0.717) is 23.0 Å². The zero-order chi connectivity index (χ0) is 29.1. The number of esters is 1. The average Bonchev–Trinajstić information content (AvgIpc) is 3.64. The maximum absolute atomic E-state index is 13.4. The Morgan fingerprint density at radius 1 is 1.02 bits per heavy atom. The minimum absolute atomic E-state index is 0.0227. The number of ether oxygens (including phenoxy) is 2. The van der Waals surface area contributed by atoms with E-state index in [1.54, 1.807) is 19.2 Å². The molecule has 0 aromatic carbocycles. The second kappa shape index (κ2) is 10.2. The highest BCUT2D eigenvalue weighted by atomic mass is 16.5. The topological polar surface area (TPSA) is 91.0 Å². The average molecular weight is 558 g/mol. The van der Waals surface area contributed by atoms with Crippen molar-refractivity contribution >= 4 is 28.6 Å². The molecule has 1 saturated heterocycles. The van der Waals surface area contributed by atoms with Gasteiger partial charge in [0.2, 0.25) is 5.91 Å². The molecular weight excluding hydrogens is 518 g/mol. The minimum atomic E-state index is -0.436. The van der Waals surface area contributed by atoms with E-state index in [4.69, 9.17) is 19.4 Å². The van der Waals surface area contributed by atoms with Gasteiger partial charge in [-0.15, -0.1) is 0 Å². The fourth-order valence-electron chi connectivity index (χ4n) is 6.09. The van der Waals surface area contributed by atoms with Gasteiger partial charge in [0.25, 0.3) is 0 Å². The molecule has 9 heteroatoms. The normalized spacial score (nSPS) is 17.8. The summed E-state index contributed by atoms with van der Waals surface area (Å²) >= 11 is 0. The Balaban J connectivity index is 1.49. The number of methoxy groups -OCH3 is 2. The van der Waals surface area contributed by atoms with Crippen molar-refractivity contribution in [2.24, 2.45) is 11.3 Å². The Labute approximate surface area is 240 Å². The zero-order valence-corrected chi connectivity index (χ0v) is 24.9. The minimum Gasteiger partial charge on any atom is -0.482 e. The Kier molecular flexibility index (Phi) is 6.78. The van der Waals surface area contributed by atoms with Gasteiger partial charge in [0.1, 0.15) is 17.0 Å². The maximum atomic E-state index is 13.4. The van der Waals surface area contributed by atoms with Crippen LogP contribution >= 0.6 is 0 Å². The molecule has 9 nitrogen and oxygen atoms in total. The molecule has 1 aliphatic heterocycles. The van der Waals surface area contributed by atoms with Crippen LogP contribution < -0.4 is 4.74 Å². The summed E-state index contributed by atoms with van der Waals surface area (Å²) in [6.45, 7) is 9.62. The number of nitrogens with zero attached hydrogens (tertiary/aromatic N) is 5. The second-order valence-corrected chi connectivity index (χ2v) is 12.5. The van der Waals surface area contributed by atoms with E-state index in [-0.39, 0.29) is 11.9 Å². The van der Waals surface area contributed by atoms with Gasteiger partial charge < -0.3 is 18.9 Å². The van der Waals surface area contributed by atoms with Crippen molar-refractivity contribution in [2.75, 3.05) is 20.8 Å². The SMILES string of the molecule is COC(=O)c1cc(OC)n2c(C)c(-c3cc4ccc(C5CCCCN5C(=O)C(C)(C)C)nc4n3CC3CC3)nc2c1. The summed E-state index contributed by atoms with van der Waals surface area (Å²) in [6, 6.07) is 9.79. The molecule has 1 saturated carbocycles. The van der Waals surface area contributed by atoms with Crippen LogP contribution in [0.2, 0.25) is 0 Å². The molecule has 41 heavy (non-hydrogen) atoms. The van der Waals surface area contributed by atoms with Crippen LogP contribution in [0.5, 0.6) is 5.88 Å². The van der Waals surface area contributed by atoms with Crippen LogP contribution in [0.1, 0.15) is 80.7 Å². The lowest BCUT2D eigenvalue weighted by Gasteiger charge is -2.39. The first-order valence-corrected chi connectivity index (χ1v) is 14.6. The Morgan fingerprint density at radius 3 is 2.49 bits per heavy atom. The lowest BCUT2D eigenvalue weighted by atomic mass is 9.90. The van der Waals surface area contributed by atoms with E-state index in [1.165, 1.54) is 20.0 Å². The molecule has 4 aromatic rings. The zero-order valence-electron chi connectivity index (χ0n) is 24.9. The fourth-order valence-corrected chi connectivity index (χ4v) is 6.09. The van der Waals surface area contributed by atoms with Crippen molar-refractivity contribution in [3.8, 4) is 17.3 Å². The lowest BCUT2D eigenvalue weighted by molar-refractivity contribution is -0.143. The fraction of sp³-hybridized carbons (Fsp3) is 0.500. The third-order valence-corrected chi connectivity index (χ3v) is 8.44. The van der Waals surface area contributed by atoms with Gasteiger partial charge in [-0.1, -0.05) is 20.8 Å². The van der Waals surface area contributed by atoms with E-state index < -0.39 is 11.4 Å². The molecule has 2 fully saturated rings. The number of hydrogen-bond acceptors (Lipinski definition) is 6. The first-order valence-electron chi connectivity index (χ1n) is 14.6. The largest absolute Gasteiger partial charge is 0.482 e. The van der Waals surface area contributed by atoms with Gasteiger partial charge in [0, 0.05) is 30.0 Å². The summed E-state index contributed by atoms with van der Waals surface area (Å²) in [5.74, 6) is 0.875. The molecule has 4 aromatic heterocycles. The number of aryl methyl sites for hydroxylation is 1. The van der Waals surface area contributed by atoms with Gasteiger partial charge >= 0.3 is 5.97 Å². The number of aromatic nitrogens is 4. The first-order chi connectivity index (χ1) is 19.6. The molecule has 1 amide bonds. The van der Waals surface area contributed by atoms with Gasteiger partial charge in [-0.05, 0) is 69.2 Å². The predicted molar refractivity (Wildman–Crippen MR) is 157 cm³/mol. The summed E-state index contributed by atoms with van der Waals surface area (Å²) in [4.78, 5) is 38.0. The van der Waals surface area contributed by atoms with Crippen molar-refractivity contribution < 1.29 is 19.1 Å². The summed E-state index contributed by atoms with van der Waals surface area (Å²) in [6.07, 6.45) is 5.44. The third kappa shape index (κ3) is 4.85. The number of fused-ring (bicyclic) bond motifs is 2. The first kappa shape index (κ1) is 27.3. The Hall–Kier alpha value is -3.88. The summed E-state index contributed by atoms with van der Waals surface area (Å²) in [5.41, 5.74) is 5.19. The summed E-state index contributed by atoms with van der Waals surface area (Å²) < 4.78 is 14.8. The number of amides is 1. The van der Waals surface area contributed by atoms with E-state index >= 15 is 0 Å². The van der Waals surface area contributed by atoms with Gasteiger partial charge in [-0.25, -0.2) is 14.8 Å². The van der Waals surface area contributed by atoms with Crippen LogP contribution in [0.3, 0.4) is 0 Å². The molecule has 1 atom stereocenters. The quantitative estimate of drug-likeness (QED) is 0.272. The van der Waals surface area contributed by atoms with E-state index in [2.05, 4.69) is 22.8 Å². The Bertz CT molecular complexity index is 1660. The van der Waals surface area contributed by atoms with E-state index in [0.717, 1.165) is 66.2 Å². The Morgan fingerprint density at radius 2 is 1.80 bits per heavy atom. The summed E-state index contributed by atoms with van der Waals surface area (Å²) in [5, 5.41) is 1.05. The molecule has 216 valence electrons. The molecule has 6 rings (SSSR count). The number of carbonyl (C=O) groups excluding carboxylic acids is 2. The molecule has 5 heterocycles. The number of carbonyl (C=O) groups is 2. The van der Waals surface area contributed by atoms with Gasteiger partial charge in [-0.2, -0.15) is 0 Å². The number of rotatable bonds is 6. The predicted octanol–water partition coefficient (Wildman–Crippen LogP) is 5.96. The van der Waals surface area contributed by atoms with Crippen LogP contribution in [0.15, 0.2) is 30.3 Å². The van der Waals surface area contributed by atoms with Gasteiger partial charge in [-0.3, -0.25) is 9.20 Å². The molecular formula is C32H39N5O4. The van der Waals surface area contributed by atoms with Gasteiger partial charge in [0.15, 0.2) is 5.88 Å². The van der Waals surface area contributed by atoms with E-state index in [9.17, 15) is 9.59 Å².